The van der Waals surface area contributed by atoms with Gasteiger partial charge < -0.3 is 10.2 Å². The summed E-state index contributed by atoms with van der Waals surface area (Å²) in [5.74, 6) is -0.758. The molecule has 0 saturated heterocycles. The van der Waals surface area contributed by atoms with E-state index in [1.807, 2.05) is 75.4 Å². The Balaban J connectivity index is 1.99. The smallest absolute Gasteiger partial charge is 0.244 e. The number of hydrogen-bond donors (Lipinski definition) is 1. The average Bonchev–Trinajstić information content (AvgIpc) is 2.80. The van der Waals surface area contributed by atoms with Crippen LogP contribution in [0.25, 0.3) is 10.8 Å². The third-order valence-corrected chi connectivity index (χ3v) is 6.91. The van der Waals surface area contributed by atoms with Crippen LogP contribution in [0.1, 0.15) is 31.9 Å². The van der Waals surface area contributed by atoms with Crippen molar-refractivity contribution >= 4 is 38.3 Å². The first-order valence-corrected chi connectivity index (χ1v) is 13.4. The minimum absolute atomic E-state index is 0.0931. The highest BCUT2D eigenvalue weighted by molar-refractivity contribution is 7.92. The van der Waals surface area contributed by atoms with Gasteiger partial charge in [0.25, 0.3) is 0 Å². The lowest BCUT2D eigenvalue weighted by molar-refractivity contribution is -0.139. The number of carbonyl (C=O) groups is 2. The molecule has 1 N–H and O–H groups in total. The van der Waals surface area contributed by atoms with Crippen LogP contribution in [-0.4, -0.2) is 50.0 Å². The summed E-state index contributed by atoms with van der Waals surface area (Å²) in [4.78, 5) is 27.9. The van der Waals surface area contributed by atoms with Crippen LogP contribution < -0.4 is 9.62 Å². The van der Waals surface area contributed by atoms with Crippen molar-refractivity contribution < 1.29 is 18.0 Å². The van der Waals surface area contributed by atoms with Gasteiger partial charge in [-0.2, -0.15) is 0 Å². The number of sulfonamides is 1. The molecule has 0 saturated carbocycles. The molecule has 0 radical (unpaired) electrons. The molecule has 186 valence electrons. The van der Waals surface area contributed by atoms with Crippen LogP contribution in [0.4, 0.5) is 5.69 Å². The number of carbonyl (C=O) groups excluding carboxylic acids is 2. The third kappa shape index (κ3) is 6.60. The van der Waals surface area contributed by atoms with Gasteiger partial charge in [0.05, 0.1) is 11.9 Å². The zero-order valence-corrected chi connectivity index (χ0v) is 21.7. The molecule has 3 aromatic carbocycles. The van der Waals surface area contributed by atoms with Gasteiger partial charge in [0.15, 0.2) is 0 Å². The molecule has 35 heavy (non-hydrogen) atoms. The summed E-state index contributed by atoms with van der Waals surface area (Å²) in [5, 5.41) is 4.44. The predicted molar refractivity (Wildman–Crippen MR) is 141 cm³/mol. The van der Waals surface area contributed by atoms with Crippen molar-refractivity contribution in [2.24, 2.45) is 0 Å². The molecule has 0 spiro atoms. The molecule has 0 bridgehead atoms. The fraction of sp³-hybridized carbons (Fsp3) is 0.333. The lowest BCUT2D eigenvalue weighted by Crippen LogP contribution is -2.52. The Bertz CT molecular complexity index is 1300. The van der Waals surface area contributed by atoms with E-state index in [1.165, 1.54) is 4.90 Å². The Labute approximate surface area is 207 Å². The number of amides is 2. The molecule has 0 aliphatic heterocycles. The molecule has 8 heteroatoms. The number of benzene rings is 3. The Hall–Kier alpha value is -3.39. The molecular weight excluding hydrogens is 462 g/mol. The van der Waals surface area contributed by atoms with Gasteiger partial charge in [-0.15, -0.1) is 0 Å². The van der Waals surface area contributed by atoms with Gasteiger partial charge >= 0.3 is 0 Å². The van der Waals surface area contributed by atoms with Crippen molar-refractivity contribution in [2.45, 2.75) is 46.3 Å². The molecule has 2 amide bonds. The summed E-state index contributed by atoms with van der Waals surface area (Å²) >= 11 is 0. The first kappa shape index (κ1) is 26.2. The van der Waals surface area contributed by atoms with Crippen molar-refractivity contribution in [3.05, 3.63) is 77.9 Å². The van der Waals surface area contributed by atoms with Gasteiger partial charge in [-0.05, 0) is 44.7 Å². The minimum atomic E-state index is -3.80. The van der Waals surface area contributed by atoms with Crippen molar-refractivity contribution in [1.29, 1.82) is 0 Å². The summed E-state index contributed by atoms with van der Waals surface area (Å²) in [7, 11) is -3.80. The van der Waals surface area contributed by atoms with E-state index in [0.29, 0.717) is 5.69 Å². The van der Waals surface area contributed by atoms with Crippen LogP contribution in [0.15, 0.2) is 66.7 Å². The number of nitrogens with zero attached hydrogens (tertiary/aromatic N) is 2. The van der Waals surface area contributed by atoms with Crippen LogP contribution in [0.2, 0.25) is 0 Å². The number of rotatable bonds is 9. The first-order chi connectivity index (χ1) is 16.5. The van der Waals surface area contributed by atoms with E-state index in [2.05, 4.69) is 5.32 Å². The second-order valence-electron chi connectivity index (χ2n) is 9.11. The lowest BCUT2D eigenvalue weighted by atomic mass is 10.1. The van der Waals surface area contributed by atoms with Crippen molar-refractivity contribution in [2.75, 3.05) is 17.1 Å². The van der Waals surface area contributed by atoms with E-state index in [-0.39, 0.29) is 18.5 Å². The Kier molecular flexibility index (Phi) is 8.17. The number of fused-ring (bicyclic) bond motifs is 1. The maximum absolute atomic E-state index is 13.7. The molecule has 0 aliphatic carbocycles. The van der Waals surface area contributed by atoms with Crippen molar-refractivity contribution in [3.8, 4) is 0 Å². The van der Waals surface area contributed by atoms with E-state index < -0.39 is 28.5 Å². The second kappa shape index (κ2) is 10.9. The normalized spacial score (nSPS) is 12.4. The Morgan fingerprint density at radius 2 is 1.54 bits per heavy atom. The highest BCUT2D eigenvalue weighted by atomic mass is 32.2. The first-order valence-electron chi connectivity index (χ1n) is 11.6. The van der Waals surface area contributed by atoms with Gasteiger partial charge in [-0.1, -0.05) is 66.2 Å². The molecule has 3 rings (SSSR count). The Morgan fingerprint density at radius 3 is 2.17 bits per heavy atom. The quantitative estimate of drug-likeness (QED) is 0.488. The van der Waals surface area contributed by atoms with E-state index in [9.17, 15) is 18.0 Å². The second-order valence-corrected chi connectivity index (χ2v) is 11.0. The zero-order chi connectivity index (χ0) is 25.8. The van der Waals surface area contributed by atoms with Crippen LogP contribution in [0.5, 0.6) is 0 Å². The third-order valence-electron chi connectivity index (χ3n) is 5.79. The average molecular weight is 496 g/mol. The standard InChI is InChI=1S/C27H33N3O4S/c1-19(2)28-27(32)21(4)29(17-22-15-13-20(3)14-16-22)26(31)18-30(35(5,33)34)25-12-8-10-23-9-6-7-11-24(23)25/h6-16,19,21H,17-18H2,1-5H3,(H,28,32). The van der Waals surface area contributed by atoms with Crippen molar-refractivity contribution in [1.82, 2.24) is 10.2 Å². The zero-order valence-electron chi connectivity index (χ0n) is 20.9. The van der Waals surface area contributed by atoms with Crippen molar-refractivity contribution in [3.63, 3.8) is 0 Å². The topological polar surface area (TPSA) is 86.8 Å². The van der Waals surface area contributed by atoms with E-state index in [1.54, 1.807) is 19.1 Å². The van der Waals surface area contributed by atoms with Crippen LogP contribution in [0.3, 0.4) is 0 Å². The lowest BCUT2D eigenvalue weighted by Gasteiger charge is -2.32. The number of nitrogens with one attached hydrogen (secondary N) is 1. The largest absolute Gasteiger partial charge is 0.352 e. The summed E-state index contributed by atoms with van der Waals surface area (Å²) in [6.45, 7) is 7.09. The molecule has 0 aromatic heterocycles. The fourth-order valence-electron chi connectivity index (χ4n) is 3.90. The summed E-state index contributed by atoms with van der Waals surface area (Å²) in [5.41, 5.74) is 2.36. The van der Waals surface area contributed by atoms with Crippen LogP contribution in [-0.2, 0) is 26.2 Å². The highest BCUT2D eigenvalue weighted by Crippen LogP contribution is 2.28. The molecule has 1 unspecified atom stereocenters. The molecule has 0 fully saturated rings. The number of aryl methyl sites for hydroxylation is 1. The van der Waals surface area contributed by atoms with E-state index >= 15 is 0 Å². The van der Waals surface area contributed by atoms with Gasteiger partial charge in [0.1, 0.15) is 12.6 Å². The molecule has 3 aromatic rings. The number of hydrogen-bond acceptors (Lipinski definition) is 4. The predicted octanol–water partition coefficient (Wildman–Crippen LogP) is 3.86. The Morgan fingerprint density at radius 1 is 0.914 bits per heavy atom. The molecular formula is C27H33N3O4S. The summed E-state index contributed by atoms with van der Waals surface area (Å²) < 4.78 is 26.8. The summed E-state index contributed by atoms with van der Waals surface area (Å²) in [6.07, 6.45) is 1.08. The molecule has 1 atom stereocenters. The fourth-order valence-corrected chi connectivity index (χ4v) is 4.76. The maximum Gasteiger partial charge on any atom is 0.244 e. The van der Waals surface area contributed by atoms with Gasteiger partial charge in [0, 0.05) is 18.0 Å². The molecule has 7 nitrogen and oxygen atoms in total. The van der Waals surface area contributed by atoms with Crippen LogP contribution >= 0.6 is 0 Å². The van der Waals surface area contributed by atoms with E-state index in [4.69, 9.17) is 0 Å². The number of anilines is 1. The highest BCUT2D eigenvalue weighted by Gasteiger charge is 2.30. The SMILES string of the molecule is Cc1ccc(CN(C(=O)CN(c2cccc3ccccc23)S(C)(=O)=O)C(C)C(=O)NC(C)C)cc1. The van der Waals surface area contributed by atoms with Gasteiger partial charge in [-0.25, -0.2) is 8.42 Å². The minimum Gasteiger partial charge on any atom is -0.352 e. The molecule has 0 heterocycles. The molecule has 0 aliphatic rings. The maximum atomic E-state index is 13.7. The van der Waals surface area contributed by atoms with Gasteiger partial charge in [-0.3, -0.25) is 13.9 Å². The van der Waals surface area contributed by atoms with E-state index in [0.717, 1.165) is 32.5 Å². The van der Waals surface area contributed by atoms with Gasteiger partial charge in [0.2, 0.25) is 21.8 Å². The summed E-state index contributed by atoms with van der Waals surface area (Å²) in [6, 6.07) is 19.6. The monoisotopic (exact) mass is 495 g/mol. The van der Waals surface area contributed by atoms with Crippen LogP contribution in [0, 0.1) is 6.92 Å².